The van der Waals surface area contributed by atoms with Crippen LogP contribution in [0.2, 0.25) is 5.02 Å². The Morgan fingerprint density at radius 1 is 1.00 bits per heavy atom. The number of carbonyl (C=O) groups excluding carboxylic acids is 1. The van der Waals surface area contributed by atoms with Crippen LogP contribution in [-0.2, 0) is 0 Å². The van der Waals surface area contributed by atoms with E-state index in [2.05, 4.69) is 22.6 Å². The van der Waals surface area contributed by atoms with Crippen molar-refractivity contribution >= 4 is 29.0 Å². The summed E-state index contributed by atoms with van der Waals surface area (Å²) in [5.74, 6) is 1.25. The van der Waals surface area contributed by atoms with E-state index in [0.29, 0.717) is 28.8 Å². The summed E-state index contributed by atoms with van der Waals surface area (Å²) in [6.45, 7) is 0.630. The van der Waals surface area contributed by atoms with Crippen LogP contribution < -0.4 is 14.8 Å². The van der Waals surface area contributed by atoms with E-state index in [1.165, 1.54) is 5.01 Å². The van der Waals surface area contributed by atoms with Crippen molar-refractivity contribution < 1.29 is 14.3 Å². The Hall–Kier alpha value is -3.51. The largest absolute Gasteiger partial charge is 0.454 e. The minimum atomic E-state index is -0.307. The maximum Gasteiger partial charge on any atom is 0.342 e. The minimum absolute atomic E-state index is 0.0325. The maximum absolute atomic E-state index is 12.9. The number of benzene rings is 3. The van der Waals surface area contributed by atoms with Crippen LogP contribution in [0.5, 0.6) is 11.5 Å². The van der Waals surface area contributed by atoms with E-state index < -0.39 is 0 Å². The Balaban J connectivity index is 1.42. The van der Waals surface area contributed by atoms with Crippen molar-refractivity contribution in [1.29, 1.82) is 0 Å². The number of hydrogen-bond donors (Lipinski definition) is 1. The first-order chi connectivity index (χ1) is 14.7. The zero-order valence-corrected chi connectivity index (χ0v) is 16.7. The zero-order chi connectivity index (χ0) is 20.5. The van der Waals surface area contributed by atoms with Crippen molar-refractivity contribution in [2.45, 2.75) is 5.92 Å². The third kappa shape index (κ3) is 3.57. The Labute approximate surface area is 178 Å². The highest BCUT2D eigenvalue weighted by molar-refractivity contribution is 6.30. The molecule has 3 aromatic carbocycles. The number of anilines is 1. The Bertz CT molecular complexity index is 1120. The Morgan fingerprint density at radius 2 is 1.77 bits per heavy atom. The second-order valence-electron chi connectivity index (χ2n) is 7.04. The molecule has 1 atom stereocenters. The average molecular weight is 420 g/mol. The smallest absolute Gasteiger partial charge is 0.342 e. The van der Waals surface area contributed by atoms with Gasteiger partial charge in [-0.05, 0) is 35.4 Å². The van der Waals surface area contributed by atoms with Gasteiger partial charge in [0.1, 0.15) is 0 Å². The van der Waals surface area contributed by atoms with Gasteiger partial charge in [0.05, 0.1) is 12.3 Å². The number of nitrogens with zero attached hydrogens (tertiary/aromatic N) is 2. The molecule has 1 N–H and O–H groups in total. The fourth-order valence-corrected chi connectivity index (χ4v) is 3.74. The second kappa shape index (κ2) is 7.72. The molecule has 0 bridgehead atoms. The van der Waals surface area contributed by atoms with Crippen LogP contribution in [-0.4, -0.2) is 30.1 Å². The van der Waals surface area contributed by atoms with E-state index >= 15 is 0 Å². The van der Waals surface area contributed by atoms with Crippen LogP contribution in [0.1, 0.15) is 17.0 Å². The molecule has 0 saturated carbocycles. The molecule has 2 aliphatic rings. The van der Waals surface area contributed by atoms with Gasteiger partial charge < -0.3 is 14.8 Å². The lowest BCUT2D eigenvalue weighted by molar-refractivity contribution is 0.174. The molecule has 0 aliphatic carbocycles. The van der Waals surface area contributed by atoms with Crippen molar-refractivity contribution in [2.24, 2.45) is 5.10 Å². The third-order valence-electron chi connectivity index (χ3n) is 5.11. The number of carbonyl (C=O) groups is 1. The first kappa shape index (κ1) is 18.5. The summed E-state index contributed by atoms with van der Waals surface area (Å²) >= 11 is 6.05. The van der Waals surface area contributed by atoms with Gasteiger partial charge in [-0.25, -0.2) is 9.80 Å². The summed E-state index contributed by atoms with van der Waals surface area (Å²) in [5, 5.41) is 9.67. The lowest BCUT2D eigenvalue weighted by Gasteiger charge is -2.16. The van der Waals surface area contributed by atoms with Crippen LogP contribution in [0, 0.1) is 0 Å². The normalized spacial score (nSPS) is 17.0. The van der Waals surface area contributed by atoms with Crippen LogP contribution in [0.3, 0.4) is 0 Å². The lowest BCUT2D eigenvalue weighted by atomic mass is 9.91. The summed E-state index contributed by atoms with van der Waals surface area (Å²) in [6, 6.07) is 22.6. The Kier molecular flexibility index (Phi) is 4.77. The standard InChI is InChI=1S/C23H18ClN3O3/c24-17-8-6-16(7-9-17)22-19(15-4-2-1-3-5-15)13-27(26-22)23(28)25-18-10-11-20-21(12-18)30-14-29-20/h1-12,19H,13-14H2,(H,25,28). The molecule has 0 fully saturated rings. The molecule has 2 amide bonds. The van der Waals surface area contributed by atoms with E-state index in [9.17, 15) is 4.79 Å². The third-order valence-corrected chi connectivity index (χ3v) is 5.37. The average Bonchev–Trinajstić information content (AvgIpc) is 3.42. The number of nitrogens with one attached hydrogen (secondary N) is 1. The van der Waals surface area contributed by atoms with Crippen LogP contribution >= 0.6 is 11.6 Å². The summed E-state index contributed by atoms with van der Waals surface area (Å²) in [4.78, 5) is 12.9. The molecular formula is C23H18ClN3O3. The van der Waals surface area contributed by atoms with E-state index in [0.717, 1.165) is 16.8 Å². The van der Waals surface area contributed by atoms with Gasteiger partial charge >= 0.3 is 6.03 Å². The number of ether oxygens (including phenoxy) is 2. The predicted octanol–water partition coefficient (Wildman–Crippen LogP) is 5.10. The fraction of sp³-hybridized carbons (Fsp3) is 0.130. The lowest BCUT2D eigenvalue weighted by Crippen LogP contribution is -2.30. The van der Waals surface area contributed by atoms with Gasteiger partial charge in [0.2, 0.25) is 6.79 Å². The molecule has 0 spiro atoms. The van der Waals surface area contributed by atoms with Crippen molar-refractivity contribution in [3.05, 3.63) is 88.9 Å². The highest BCUT2D eigenvalue weighted by Gasteiger charge is 2.32. The van der Waals surface area contributed by atoms with Gasteiger partial charge in [-0.3, -0.25) is 0 Å². The summed E-state index contributed by atoms with van der Waals surface area (Å²) in [5.41, 5.74) is 3.49. The van der Waals surface area contributed by atoms with Crippen molar-refractivity contribution in [1.82, 2.24) is 5.01 Å². The number of halogens is 1. The molecule has 30 heavy (non-hydrogen) atoms. The van der Waals surface area contributed by atoms with Gasteiger partial charge in [0, 0.05) is 22.7 Å². The number of urea groups is 1. The van der Waals surface area contributed by atoms with E-state index in [4.69, 9.17) is 21.1 Å². The first-order valence-electron chi connectivity index (χ1n) is 9.55. The zero-order valence-electron chi connectivity index (χ0n) is 15.9. The first-order valence-corrected chi connectivity index (χ1v) is 9.93. The monoisotopic (exact) mass is 419 g/mol. The highest BCUT2D eigenvalue weighted by Crippen LogP contribution is 2.35. The van der Waals surface area contributed by atoms with E-state index in [-0.39, 0.29) is 18.7 Å². The molecule has 0 aromatic heterocycles. The molecule has 1 unspecified atom stereocenters. The number of hydrazone groups is 1. The number of hydrogen-bond acceptors (Lipinski definition) is 4. The SMILES string of the molecule is O=C(Nc1ccc2c(c1)OCO2)N1CC(c2ccccc2)C(c2ccc(Cl)cc2)=N1. The second-order valence-corrected chi connectivity index (χ2v) is 7.47. The van der Waals surface area contributed by atoms with Crippen molar-refractivity contribution in [3.63, 3.8) is 0 Å². The highest BCUT2D eigenvalue weighted by atomic mass is 35.5. The molecule has 5 rings (SSSR count). The fourth-order valence-electron chi connectivity index (χ4n) is 3.62. The number of amides is 2. The number of fused-ring (bicyclic) bond motifs is 1. The summed E-state index contributed by atoms with van der Waals surface area (Å²) in [6.07, 6.45) is 0. The van der Waals surface area contributed by atoms with Gasteiger partial charge in [-0.15, -0.1) is 0 Å². The van der Waals surface area contributed by atoms with Crippen molar-refractivity contribution in [3.8, 4) is 11.5 Å². The molecule has 0 saturated heterocycles. The molecule has 7 heteroatoms. The topological polar surface area (TPSA) is 63.2 Å². The molecule has 6 nitrogen and oxygen atoms in total. The van der Waals surface area contributed by atoms with Gasteiger partial charge in [0.25, 0.3) is 0 Å². The quantitative estimate of drug-likeness (QED) is 0.642. The van der Waals surface area contributed by atoms with Crippen LogP contribution in [0.15, 0.2) is 77.9 Å². The summed E-state index contributed by atoms with van der Waals surface area (Å²) < 4.78 is 10.7. The van der Waals surface area contributed by atoms with Crippen LogP contribution in [0.4, 0.5) is 10.5 Å². The maximum atomic E-state index is 12.9. The Morgan fingerprint density at radius 3 is 2.57 bits per heavy atom. The predicted molar refractivity (Wildman–Crippen MR) is 115 cm³/mol. The molecule has 2 heterocycles. The summed E-state index contributed by atoms with van der Waals surface area (Å²) in [7, 11) is 0. The molecule has 0 radical (unpaired) electrons. The van der Waals surface area contributed by atoms with E-state index in [1.54, 1.807) is 18.2 Å². The van der Waals surface area contributed by atoms with Gasteiger partial charge in [-0.1, -0.05) is 54.1 Å². The molecule has 3 aromatic rings. The van der Waals surface area contributed by atoms with Gasteiger partial charge in [-0.2, -0.15) is 5.10 Å². The van der Waals surface area contributed by atoms with Crippen molar-refractivity contribution in [2.75, 3.05) is 18.7 Å². The molecular weight excluding hydrogens is 402 g/mol. The van der Waals surface area contributed by atoms with Crippen LogP contribution in [0.25, 0.3) is 0 Å². The molecule has 150 valence electrons. The minimum Gasteiger partial charge on any atom is -0.454 e. The van der Waals surface area contributed by atoms with E-state index in [1.807, 2.05) is 42.5 Å². The van der Waals surface area contributed by atoms with Gasteiger partial charge in [0.15, 0.2) is 11.5 Å². The number of rotatable bonds is 3. The molecule has 2 aliphatic heterocycles.